The third-order valence-electron chi connectivity index (χ3n) is 10.7. The Balaban J connectivity index is 1.14. The molecular formula is C47H34N2. The van der Waals surface area contributed by atoms with E-state index in [0.29, 0.717) is 0 Å². The summed E-state index contributed by atoms with van der Waals surface area (Å²) in [6.07, 6.45) is 0. The van der Waals surface area contributed by atoms with Gasteiger partial charge in [-0.15, -0.1) is 0 Å². The fraction of sp³-hybridized carbons (Fsp3) is 0.0638. The summed E-state index contributed by atoms with van der Waals surface area (Å²) < 4.78 is 0. The summed E-state index contributed by atoms with van der Waals surface area (Å²) in [5.74, 6) is 0. The molecule has 0 radical (unpaired) electrons. The molecule has 0 atom stereocenters. The van der Waals surface area contributed by atoms with E-state index in [0.717, 1.165) is 22.7 Å². The van der Waals surface area contributed by atoms with E-state index >= 15 is 0 Å². The van der Waals surface area contributed by atoms with Gasteiger partial charge in [-0.05, 0) is 93.2 Å². The number of hydrogen-bond acceptors (Lipinski definition) is 2. The van der Waals surface area contributed by atoms with E-state index in [2.05, 4.69) is 194 Å². The maximum atomic E-state index is 2.47. The molecular weight excluding hydrogens is 593 g/mol. The smallest absolute Gasteiger partial charge is 0.0618 e. The highest BCUT2D eigenvalue weighted by Crippen LogP contribution is 2.54. The zero-order chi connectivity index (χ0) is 32.7. The third kappa shape index (κ3) is 4.07. The molecule has 0 saturated carbocycles. The molecule has 0 amide bonds. The van der Waals surface area contributed by atoms with E-state index in [1.54, 1.807) is 0 Å². The van der Waals surface area contributed by atoms with Gasteiger partial charge in [0.25, 0.3) is 0 Å². The molecule has 2 nitrogen and oxygen atoms in total. The summed E-state index contributed by atoms with van der Waals surface area (Å²) in [7, 11) is 0. The van der Waals surface area contributed by atoms with Crippen molar-refractivity contribution < 1.29 is 0 Å². The first-order chi connectivity index (χ1) is 24.1. The Bertz CT molecular complexity index is 2580. The van der Waals surface area contributed by atoms with Crippen molar-refractivity contribution in [1.29, 1.82) is 0 Å². The van der Waals surface area contributed by atoms with E-state index in [-0.39, 0.29) is 5.41 Å². The number of para-hydroxylation sites is 1. The van der Waals surface area contributed by atoms with Crippen LogP contribution in [0.1, 0.15) is 25.0 Å². The third-order valence-corrected chi connectivity index (χ3v) is 10.7. The maximum Gasteiger partial charge on any atom is 0.0618 e. The van der Waals surface area contributed by atoms with Crippen LogP contribution in [0.4, 0.5) is 34.1 Å². The monoisotopic (exact) mass is 626 g/mol. The van der Waals surface area contributed by atoms with Crippen LogP contribution in [0, 0.1) is 0 Å². The number of anilines is 6. The van der Waals surface area contributed by atoms with Crippen LogP contribution >= 0.6 is 0 Å². The molecule has 1 heterocycles. The normalized spacial score (nSPS) is 13.6. The fourth-order valence-corrected chi connectivity index (χ4v) is 8.44. The second-order valence-electron chi connectivity index (χ2n) is 13.8. The summed E-state index contributed by atoms with van der Waals surface area (Å²) in [6.45, 7) is 4.70. The molecule has 0 spiro atoms. The minimum atomic E-state index is -0.0735. The summed E-state index contributed by atoms with van der Waals surface area (Å²) >= 11 is 0. The second-order valence-corrected chi connectivity index (χ2v) is 13.8. The van der Waals surface area contributed by atoms with Gasteiger partial charge in [-0.2, -0.15) is 0 Å². The SMILES string of the molecule is CC1(C)c2ccccc2-c2ccc(N(c3ccccc3)c3ccc(N4c5c(ccc6ccccc56)-c5cccc6cccc4c56)cc3)cc21. The van der Waals surface area contributed by atoms with E-state index in [9.17, 15) is 0 Å². The Morgan fingerprint density at radius 2 is 1.08 bits per heavy atom. The van der Waals surface area contributed by atoms with Crippen molar-refractivity contribution in [1.82, 2.24) is 0 Å². The average Bonchev–Trinajstić information content (AvgIpc) is 3.38. The van der Waals surface area contributed by atoms with E-state index in [1.807, 2.05) is 0 Å². The molecule has 0 saturated heterocycles. The number of nitrogens with zero attached hydrogens (tertiary/aromatic N) is 2. The molecule has 0 bridgehead atoms. The van der Waals surface area contributed by atoms with Crippen LogP contribution < -0.4 is 9.80 Å². The molecule has 0 fully saturated rings. The second kappa shape index (κ2) is 10.4. The van der Waals surface area contributed by atoms with Gasteiger partial charge < -0.3 is 9.80 Å². The average molecular weight is 627 g/mol. The molecule has 1 aliphatic heterocycles. The highest BCUT2D eigenvalue weighted by atomic mass is 15.2. The molecule has 49 heavy (non-hydrogen) atoms. The maximum absolute atomic E-state index is 2.47. The number of rotatable bonds is 4. The van der Waals surface area contributed by atoms with E-state index < -0.39 is 0 Å². The summed E-state index contributed by atoms with van der Waals surface area (Å²) in [6, 6.07) is 62.4. The van der Waals surface area contributed by atoms with Crippen LogP contribution in [0.5, 0.6) is 0 Å². The van der Waals surface area contributed by atoms with Crippen molar-refractivity contribution in [2.45, 2.75) is 19.3 Å². The predicted molar refractivity (Wildman–Crippen MR) is 207 cm³/mol. The van der Waals surface area contributed by atoms with Crippen LogP contribution in [0.15, 0.2) is 170 Å². The molecule has 8 aromatic carbocycles. The molecule has 232 valence electrons. The first-order valence-electron chi connectivity index (χ1n) is 17.1. The van der Waals surface area contributed by atoms with Gasteiger partial charge in [-0.3, -0.25) is 0 Å². The molecule has 8 aromatic rings. The van der Waals surface area contributed by atoms with Gasteiger partial charge in [0, 0.05) is 44.5 Å². The summed E-state index contributed by atoms with van der Waals surface area (Å²) in [5.41, 5.74) is 14.9. The highest BCUT2D eigenvalue weighted by Gasteiger charge is 2.36. The Kier molecular flexibility index (Phi) is 5.95. The minimum Gasteiger partial charge on any atom is -0.310 e. The minimum absolute atomic E-state index is 0.0735. The molecule has 2 aliphatic rings. The van der Waals surface area contributed by atoms with Crippen molar-refractivity contribution in [3.8, 4) is 22.3 Å². The molecule has 0 unspecified atom stereocenters. The lowest BCUT2D eigenvalue weighted by atomic mass is 9.82. The van der Waals surface area contributed by atoms with E-state index in [4.69, 9.17) is 0 Å². The Labute approximate surface area is 287 Å². The molecule has 10 rings (SSSR count). The van der Waals surface area contributed by atoms with Crippen LogP contribution in [-0.4, -0.2) is 0 Å². The van der Waals surface area contributed by atoms with Gasteiger partial charge in [0.2, 0.25) is 0 Å². The molecule has 1 aliphatic carbocycles. The zero-order valence-corrected chi connectivity index (χ0v) is 27.6. The fourth-order valence-electron chi connectivity index (χ4n) is 8.44. The lowest BCUT2D eigenvalue weighted by Gasteiger charge is -2.35. The van der Waals surface area contributed by atoms with Crippen molar-refractivity contribution in [3.63, 3.8) is 0 Å². The number of benzene rings is 8. The highest BCUT2D eigenvalue weighted by molar-refractivity contribution is 6.18. The van der Waals surface area contributed by atoms with Crippen molar-refractivity contribution in [2.24, 2.45) is 0 Å². The van der Waals surface area contributed by atoms with Gasteiger partial charge in [0.05, 0.1) is 11.4 Å². The molecule has 2 heteroatoms. The number of hydrogen-bond donors (Lipinski definition) is 0. The molecule has 0 N–H and O–H groups in total. The topological polar surface area (TPSA) is 6.48 Å². The van der Waals surface area contributed by atoms with Gasteiger partial charge in [-0.1, -0.05) is 129 Å². The first kappa shape index (κ1) is 27.9. The summed E-state index contributed by atoms with van der Waals surface area (Å²) in [5, 5.41) is 5.05. The lowest BCUT2D eigenvalue weighted by molar-refractivity contribution is 0.660. The van der Waals surface area contributed by atoms with Crippen LogP contribution in [0.3, 0.4) is 0 Å². The zero-order valence-electron chi connectivity index (χ0n) is 27.6. The Morgan fingerprint density at radius 1 is 0.449 bits per heavy atom. The van der Waals surface area contributed by atoms with Gasteiger partial charge in [0.1, 0.15) is 0 Å². The lowest BCUT2D eigenvalue weighted by Crippen LogP contribution is -2.17. The Hall–Kier alpha value is -6.12. The van der Waals surface area contributed by atoms with Crippen LogP contribution in [-0.2, 0) is 5.41 Å². The van der Waals surface area contributed by atoms with Crippen molar-refractivity contribution in [3.05, 3.63) is 181 Å². The standard InChI is InChI=1S/C47H34N2/c1-47(2)42-20-9-8-18-38(42)39-29-27-36(30-43(39)47)48(33-15-4-3-5-16-33)34-23-25-35(26-24-34)49-44-21-11-14-32-13-10-19-40(45(32)44)41-28-22-31-12-6-7-17-37(31)46(41)49/h3-30H,1-2H3. The largest absolute Gasteiger partial charge is 0.310 e. The van der Waals surface area contributed by atoms with Crippen molar-refractivity contribution in [2.75, 3.05) is 9.80 Å². The van der Waals surface area contributed by atoms with Crippen LogP contribution in [0.2, 0.25) is 0 Å². The Morgan fingerprint density at radius 3 is 1.94 bits per heavy atom. The van der Waals surface area contributed by atoms with Gasteiger partial charge >= 0.3 is 0 Å². The number of fused-ring (bicyclic) bond motifs is 7. The van der Waals surface area contributed by atoms with Gasteiger partial charge in [0.15, 0.2) is 0 Å². The van der Waals surface area contributed by atoms with E-state index in [1.165, 1.54) is 66.3 Å². The van der Waals surface area contributed by atoms with Crippen LogP contribution in [0.25, 0.3) is 43.8 Å². The first-order valence-corrected chi connectivity index (χ1v) is 17.1. The summed E-state index contributed by atoms with van der Waals surface area (Å²) in [4.78, 5) is 4.86. The van der Waals surface area contributed by atoms with Crippen molar-refractivity contribution >= 4 is 55.7 Å². The predicted octanol–water partition coefficient (Wildman–Crippen LogP) is 13.2. The quantitative estimate of drug-likeness (QED) is 0.192. The van der Waals surface area contributed by atoms with Gasteiger partial charge in [-0.25, -0.2) is 0 Å². The molecule has 0 aromatic heterocycles.